The largest absolute Gasteiger partial charge is 0.465 e. The van der Waals surface area contributed by atoms with Gasteiger partial charge in [-0.05, 0) is 25.1 Å². The molecule has 0 fully saturated rings. The van der Waals surface area contributed by atoms with E-state index < -0.39 is 5.97 Å². The normalized spacial score (nSPS) is 13.9. The van der Waals surface area contributed by atoms with Gasteiger partial charge in [0.1, 0.15) is 13.1 Å². The molecule has 0 unspecified atom stereocenters. The summed E-state index contributed by atoms with van der Waals surface area (Å²) in [5.74, 6) is -0.647. The first kappa shape index (κ1) is 18.8. The molecule has 2 heterocycles. The fourth-order valence-corrected chi connectivity index (χ4v) is 4.89. The minimum absolute atomic E-state index is 0.0169. The van der Waals surface area contributed by atoms with Crippen LogP contribution in [0, 0.1) is 0 Å². The number of ether oxygens (including phenoxy) is 1. The highest BCUT2D eigenvalue weighted by atomic mass is 79.9. The summed E-state index contributed by atoms with van der Waals surface area (Å²) in [7, 11) is 0. The molecule has 0 saturated carbocycles. The number of amides is 1. The Hall–Kier alpha value is -2.51. The minimum Gasteiger partial charge on any atom is -0.465 e. The SMILES string of the molecule is CCOC(=O)CN1C(=O)CN=C(c2cccc(Br)c2)c2sc3ccccc3c21. The van der Waals surface area contributed by atoms with Crippen LogP contribution >= 0.6 is 27.3 Å². The van der Waals surface area contributed by atoms with Crippen LogP contribution in [0.5, 0.6) is 0 Å². The molecule has 0 saturated heterocycles. The van der Waals surface area contributed by atoms with E-state index in [1.54, 1.807) is 18.3 Å². The molecule has 0 N–H and O–H groups in total. The van der Waals surface area contributed by atoms with Crippen molar-refractivity contribution >= 4 is 60.6 Å². The van der Waals surface area contributed by atoms with Crippen molar-refractivity contribution in [3.63, 3.8) is 0 Å². The molecule has 5 nitrogen and oxygen atoms in total. The van der Waals surface area contributed by atoms with Crippen LogP contribution in [0.15, 0.2) is 58.0 Å². The Kier molecular flexibility index (Phi) is 5.28. The van der Waals surface area contributed by atoms with E-state index in [9.17, 15) is 9.59 Å². The van der Waals surface area contributed by atoms with Gasteiger partial charge in [0.2, 0.25) is 5.91 Å². The summed E-state index contributed by atoms with van der Waals surface area (Å²) in [6.07, 6.45) is 0. The van der Waals surface area contributed by atoms with E-state index in [4.69, 9.17) is 4.74 Å². The number of thiophene rings is 1. The van der Waals surface area contributed by atoms with E-state index in [1.165, 1.54) is 4.90 Å². The Bertz CT molecular complexity index is 1110. The van der Waals surface area contributed by atoms with Gasteiger partial charge in [-0.15, -0.1) is 11.3 Å². The third kappa shape index (κ3) is 3.47. The predicted octanol–water partition coefficient (Wildman–Crippen LogP) is 4.41. The molecule has 1 aliphatic rings. The first-order chi connectivity index (χ1) is 13.6. The van der Waals surface area contributed by atoms with E-state index in [2.05, 4.69) is 20.9 Å². The van der Waals surface area contributed by atoms with Crippen molar-refractivity contribution in [1.29, 1.82) is 0 Å². The van der Waals surface area contributed by atoms with Crippen LogP contribution in [-0.4, -0.2) is 37.3 Å². The van der Waals surface area contributed by atoms with Gasteiger partial charge >= 0.3 is 5.97 Å². The van der Waals surface area contributed by atoms with Crippen molar-refractivity contribution in [1.82, 2.24) is 0 Å². The molecule has 28 heavy (non-hydrogen) atoms. The maximum atomic E-state index is 12.9. The van der Waals surface area contributed by atoms with E-state index in [0.29, 0.717) is 0 Å². The average molecular weight is 457 g/mol. The molecule has 0 spiro atoms. The van der Waals surface area contributed by atoms with E-state index in [1.807, 2.05) is 48.5 Å². The fraction of sp³-hybridized carbons (Fsp3) is 0.190. The molecular formula is C21H17BrN2O3S. The van der Waals surface area contributed by atoms with Crippen molar-refractivity contribution in [2.75, 3.05) is 24.6 Å². The molecule has 0 aliphatic carbocycles. The molecule has 2 aromatic carbocycles. The summed E-state index contributed by atoms with van der Waals surface area (Å²) in [6, 6.07) is 15.7. The molecule has 4 rings (SSSR count). The number of anilines is 1. The van der Waals surface area contributed by atoms with Gasteiger partial charge in [-0.1, -0.05) is 46.3 Å². The second-order valence-corrected chi connectivity index (χ2v) is 8.20. The lowest BCUT2D eigenvalue weighted by Crippen LogP contribution is -2.37. The number of nitrogens with zero attached hydrogens (tertiary/aromatic N) is 2. The smallest absolute Gasteiger partial charge is 0.326 e. The van der Waals surface area contributed by atoms with Gasteiger partial charge in [0.15, 0.2) is 0 Å². The van der Waals surface area contributed by atoms with Crippen molar-refractivity contribution in [2.45, 2.75) is 6.92 Å². The Morgan fingerprint density at radius 2 is 2.07 bits per heavy atom. The standard InChI is InChI=1S/C21H17BrN2O3S/c1-2-27-18(26)12-24-17(25)11-23-19(13-6-5-7-14(22)10-13)21-20(24)15-8-3-4-9-16(15)28-21/h3-10H,2,11-12H2,1H3. The second-order valence-electron chi connectivity index (χ2n) is 6.24. The van der Waals surface area contributed by atoms with Gasteiger partial charge < -0.3 is 4.74 Å². The molecule has 0 bridgehead atoms. The van der Waals surface area contributed by atoms with Gasteiger partial charge in [0.25, 0.3) is 0 Å². The monoisotopic (exact) mass is 456 g/mol. The lowest BCUT2D eigenvalue weighted by molar-refractivity contribution is -0.142. The van der Waals surface area contributed by atoms with Crippen LogP contribution in [0.25, 0.3) is 10.1 Å². The zero-order valence-corrected chi connectivity index (χ0v) is 17.5. The number of benzene rings is 2. The summed E-state index contributed by atoms with van der Waals surface area (Å²) in [5.41, 5.74) is 2.42. The lowest BCUT2D eigenvalue weighted by Gasteiger charge is -2.20. The molecule has 1 amide bonds. The number of aliphatic imine (C=N–C) groups is 1. The molecule has 7 heteroatoms. The summed E-state index contributed by atoms with van der Waals surface area (Å²) < 4.78 is 7.07. The third-order valence-corrected chi connectivity index (χ3v) is 6.08. The zero-order valence-electron chi connectivity index (χ0n) is 15.1. The van der Waals surface area contributed by atoms with Gasteiger partial charge in [-0.3, -0.25) is 19.5 Å². The number of rotatable bonds is 4. The van der Waals surface area contributed by atoms with Gasteiger partial charge in [-0.25, -0.2) is 0 Å². The highest BCUT2D eigenvalue weighted by molar-refractivity contribution is 9.10. The number of halogens is 1. The van der Waals surface area contributed by atoms with Crippen LogP contribution in [-0.2, 0) is 14.3 Å². The molecular weight excluding hydrogens is 440 g/mol. The number of fused-ring (bicyclic) bond motifs is 3. The summed E-state index contributed by atoms with van der Waals surface area (Å²) in [6.45, 7) is 1.89. The topological polar surface area (TPSA) is 59.0 Å². The van der Waals surface area contributed by atoms with Gasteiger partial charge in [-0.2, -0.15) is 0 Å². The number of hydrogen-bond donors (Lipinski definition) is 0. The Morgan fingerprint density at radius 1 is 1.25 bits per heavy atom. The van der Waals surface area contributed by atoms with Crippen molar-refractivity contribution in [2.24, 2.45) is 4.99 Å². The number of carbonyl (C=O) groups is 2. The summed E-state index contributed by atoms with van der Waals surface area (Å²) in [5, 5.41) is 0.935. The van der Waals surface area contributed by atoms with Crippen molar-refractivity contribution in [3.05, 3.63) is 63.4 Å². The maximum absolute atomic E-state index is 12.9. The third-order valence-electron chi connectivity index (χ3n) is 4.42. The highest BCUT2D eigenvalue weighted by Gasteiger charge is 2.30. The quantitative estimate of drug-likeness (QED) is 0.546. The van der Waals surface area contributed by atoms with Crippen LogP contribution in [0.1, 0.15) is 17.4 Å². The van der Waals surface area contributed by atoms with E-state index in [-0.39, 0.29) is 25.6 Å². The Labute approximate surface area is 174 Å². The fourth-order valence-electron chi connectivity index (χ4n) is 3.25. The van der Waals surface area contributed by atoms with Gasteiger partial charge in [0, 0.05) is 20.1 Å². The first-order valence-corrected chi connectivity index (χ1v) is 10.5. The first-order valence-electron chi connectivity index (χ1n) is 8.86. The molecule has 1 aromatic heterocycles. The Morgan fingerprint density at radius 3 is 2.86 bits per heavy atom. The van der Waals surface area contributed by atoms with E-state index in [0.717, 1.165) is 36.4 Å². The highest BCUT2D eigenvalue weighted by Crippen LogP contribution is 2.41. The van der Waals surface area contributed by atoms with Crippen molar-refractivity contribution in [3.8, 4) is 0 Å². The van der Waals surface area contributed by atoms with Crippen LogP contribution < -0.4 is 4.90 Å². The van der Waals surface area contributed by atoms with Crippen molar-refractivity contribution < 1.29 is 14.3 Å². The van der Waals surface area contributed by atoms with Crippen LogP contribution in [0.4, 0.5) is 5.69 Å². The number of hydrogen-bond acceptors (Lipinski definition) is 5. The molecule has 1 aliphatic heterocycles. The zero-order chi connectivity index (χ0) is 19.7. The number of esters is 1. The second kappa shape index (κ2) is 7.85. The average Bonchev–Trinajstić information content (AvgIpc) is 2.99. The van der Waals surface area contributed by atoms with Gasteiger partial charge in [0.05, 0.1) is 22.9 Å². The summed E-state index contributed by atoms with van der Waals surface area (Å²) >= 11 is 5.08. The number of carbonyl (C=O) groups excluding carboxylic acids is 2. The molecule has 0 atom stereocenters. The van der Waals surface area contributed by atoms with Crippen LogP contribution in [0.3, 0.4) is 0 Å². The molecule has 142 valence electrons. The lowest BCUT2D eigenvalue weighted by atomic mass is 10.1. The van der Waals surface area contributed by atoms with E-state index >= 15 is 0 Å². The minimum atomic E-state index is -0.428. The molecule has 0 radical (unpaired) electrons. The predicted molar refractivity (Wildman–Crippen MR) is 115 cm³/mol. The maximum Gasteiger partial charge on any atom is 0.326 e. The van der Waals surface area contributed by atoms with Crippen LogP contribution in [0.2, 0.25) is 0 Å². The summed E-state index contributed by atoms with van der Waals surface area (Å²) in [4.78, 5) is 32.1. The molecule has 3 aromatic rings. The Balaban J connectivity index is 1.91.